The second kappa shape index (κ2) is 23.3. The Balaban J connectivity index is 1.99. The van der Waals surface area contributed by atoms with E-state index >= 15 is 0 Å². The van der Waals surface area contributed by atoms with E-state index in [0.29, 0.717) is 87.0 Å². The fourth-order valence-electron chi connectivity index (χ4n) is 4.26. The van der Waals surface area contributed by atoms with Gasteiger partial charge in [-0.3, -0.25) is 0 Å². The summed E-state index contributed by atoms with van der Waals surface area (Å²) in [7, 11) is 0. The normalized spacial score (nSPS) is 11.0. The number of benzene rings is 2. The average Bonchev–Trinajstić information content (AvgIpc) is 3.05. The molecule has 0 heterocycles. The molecule has 0 amide bonds. The van der Waals surface area contributed by atoms with Gasteiger partial charge < -0.3 is 38.6 Å². The van der Waals surface area contributed by atoms with Gasteiger partial charge in [-0.05, 0) is 69.2 Å². The lowest BCUT2D eigenvalue weighted by molar-refractivity contribution is 0.0685. The summed E-state index contributed by atoms with van der Waals surface area (Å²) in [6.45, 7) is 10.8. The molecular weight excluding hydrogens is 604 g/mol. The minimum absolute atomic E-state index is 0.0809. The van der Waals surface area contributed by atoms with Crippen LogP contribution in [0.5, 0.6) is 34.5 Å². The smallest absolute Gasteiger partial charge is 0.335 e. The van der Waals surface area contributed by atoms with Crippen LogP contribution in [0.15, 0.2) is 36.4 Å². The van der Waals surface area contributed by atoms with Crippen molar-refractivity contribution in [1.29, 1.82) is 0 Å². The summed E-state index contributed by atoms with van der Waals surface area (Å²) in [6, 6.07) is 5.96. The molecule has 10 nitrogen and oxygen atoms in total. The maximum atomic E-state index is 11.8. The molecule has 47 heavy (non-hydrogen) atoms. The molecule has 0 bridgehead atoms. The molecule has 0 aliphatic heterocycles. The Labute approximate surface area is 280 Å². The number of hydrogen-bond donors (Lipinski definition) is 2. The van der Waals surface area contributed by atoms with Crippen molar-refractivity contribution in [2.75, 3.05) is 39.6 Å². The number of carboxylic acids is 2. The summed E-state index contributed by atoms with van der Waals surface area (Å²) in [4.78, 5) is 23.6. The molecule has 262 valence electrons. The standard InChI is InChI=1S/C37H54O10/c1-5-9-18-42-30-24-28(36(38)39)26-32(34(30)46-20-11-7-3)44-22-16-14-13-15-17-23-45-33-27-29(37(40)41)25-31(43-19-10-6-2)35(33)47-21-12-8-4/h13-14,24-27H,5-12,15-23H2,1-4H3,(H,38,39)(H,40,41)/b14-13-. The van der Waals surface area contributed by atoms with Gasteiger partial charge in [0.15, 0.2) is 23.0 Å². The number of carboxylic acid groups (broad SMARTS) is 2. The molecule has 2 aromatic rings. The second-order valence-corrected chi connectivity index (χ2v) is 11.1. The number of allylic oxidation sites excluding steroid dienone is 1. The van der Waals surface area contributed by atoms with Crippen LogP contribution in [0.3, 0.4) is 0 Å². The maximum Gasteiger partial charge on any atom is 0.335 e. The highest BCUT2D eigenvalue weighted by molar-refractivity contribution is 5.90. The largest absolute Gasteiger partial charge is 0.490 e. The van der Waals surface area contributed by atoms with E-state index in [4.69, 9.17) is 28.4 Å². The third-order valence-corrected chi connectivity index (χ3v) is 7.02. The van der Waals surface area contributed by atoms with E-state index in [1.54, 1.807) is 0 Å². The summed E-state index contributed by atoms with van der Waals surface area (Å²) in [5.74, 6) is 0.239. The SMILES string of the molecule is CCCCOc1cc(C(=O)O)cc(OCC/C=C\CCCOc2cc(C(=O)O)cc(OCCCC)c2OCCCC)c1OCCCC. The van der Waals surface area contributed by atoms with Crippen LogP contribution in [0.1, 0.15) is 119 Å². The predicted octanol–water partition coefficient (Wildman–Crippen LogP) is 8.98. The quantitative estimate of drug-likeness (QED) is 0.0708. The van der Waals surface area contributed by atoms with E-state index in [-0.39, 0.29) is 11.1 Å². The zero-order valence-corrected chi connectivity index (χ0v) is 28.6. The molecule has 2 aromatic carbocycles. The van der Waals surface area contributed by atoms with Crippen LogP contribution in [-0.2, 0) is 0 Å². The van der Waals surface area contributed by atoms with Crippen molar-refractivity contribution in [3.8, 4) is 34.5 Å². The van der Waals surface area contributed by atoms with Crippen molar-refractivity contribution < 1.29 is 48.2 Å². The minimum Gasteiger partial charge on any atom is -0.490 e. The van der Waals surface area contributed by atoms with Crippen LogP contribution in [0, 0.1) is 0 Å². The fraction of sp³-hybridized carbons (Fsp3) is 0.568. The summed E-state index contributed by atoms with van der Waals surface area (Å²) < 4.78 is 35.8. The molecular formula is C37H54O10. The van der Waals surface area contributed by atoms with Crippen molar-refractivity contribution in [3.05, 3.63) is 47.5 Å². The van der Waals surface area contributed by atoms with E-state index in [9.17, 15) is 19.8 Å². The van der Waals surface area contributed by atoms with Gasteiger partial charge in [0, 0.05) is 0 Å². The molecule has 0 aromatic heterocycles. The van der Waals surface area contributed by atoms with Crippen LogP contribution >= 0.6 is 0 Å². The van der Waals surface area contributed by atoms with Gasteiger partial charge >= 0.3 is 11.9 Å². The lowest BCUT2D eigenvalue weighted by Crippen LogP contribution is -2.08. The van der Waals surface area contributed by atoms with Crippen LogP contribution < -0.4 is 28.4 Å². The highest BCUT2D eigenvalue weighted by Crippen LogP contribution is 2.41. The van der Waals surface area contributed by atoms with Crippen molar-refractivity contribution in [2.45, 2.75) is 98.3 Å². The van der Waals surface area contributed by atoms with Crippen molar-refractivity contribution in [3.63, 3.8) is 0 Å². The predicted molar refractivity (Wildman–Crippen MR) is 182 cm³/mol. The van der Waals surface area contributed by atoms with E-state index in [1.165, 1.54) is 24.3 Å². The van der Waals surface area contributed by atoms with Crippen LogP contribution in [0.2, 0.25) is 0 Å². The highest BCUT2D eigenvalue weighted by Gasteiger charge is 2.20. The molecule has 0 radical (unpaired) electrons. The number of aromatic carboxylic acids is 2. The second-order valence-electron chi connectivity index (χ2n) is 11.1. The van der Waals surface area contributed by atoms with Crippen molar-refractivity contribution in [2.24, 2.45) is 0 Å². The molecule has 0 saturated carbocycles. The van der Waals surface area contributed by atoms with Gasteiger partial charge in [-0.15, -0.1) is 0 Å². The molecule has 10 heteroatoms. The van der Waals surface area contributed by atoms with Gasteiger partial charge in [0.2, 0.25) is 11.5 Å². The minimum atomic E-state index is -1.06. The molecule has 0 saturated heterocycles. The number of rotatable bonds is 27. The zero-order valence-electron chi connectivity index (χ0n) is 28.6. The van der Waals surface area contributed by atoms with Gasteiger partial charge in [-0.1, -0.05) is 65.5 Å². The molecule has 0 aliphatic carbocycles. The number of unbranched alkanes of at least 4 members (excludes halogenated alkanes) is 5. The van der Waals surface area contributed by atoms with E-state index in [1.807, 2.05) is 12.2 Å². The fourth-order valence-corrected chi connectivity index (χ4v) is 4.26. The maximum absolute atomic E-state index is 11.8. The topological polar surface area (TPSA) is 130 Å². The molecule has 2 rings (SSSR count). The summed E-state index contributed by atoms with van der Waals surface area (Å²) in [6.07, 6.45) is 13.3. The van der Waals surface area contributed by atoms with Crippen molar-refractivity contribution in [1.82, 2.24) is 0 Å². The molecule has 2 N–H and O–H groups in total. The molecule has 0 fully saturated rings. The Kier molecular flexibility index (Phi) is 19.4. The summed E-state index contributed by atoms with van der Waals surface area (Å²) in [5, 5.41) is 19.3. The Morgan fingerprint density at radius 3 is 1.17 bits per heavy atom. The lowest BCUT2D eigenvalue weighted by atomic mass is 10.1. The number of hydrogen-bond acceptors (Lipinski definition) is 8. The summed E-state index contributed by atoms with van der Waals surface area (Å²) >= 11 is 0. The summed E-state index contributed by atoms with van der Waals surface area (Å²) in [5.41, 5.74) is 0.166. The number of carbonyl (C=O) groups is 2. The zero-order chi connectivity index (χ0) is 34.3. The monoisotopic (exact) mass is 658 g/mol. The molecule has 0 spiro atoms. The van der Waals surface area contributed by atoms with Crippen molar-refractivity contribution >= 4 is 11.9 Å². The van der Waals surface area contributed by atoms with Gasteiger partial charge in [-0.25, -0.2) is 9.59 Å². The Morgan fingerprint density at radius 2 is 0.809 bits per heavy atom. The first-order valence-electron chi connectivity index (χ1n) is 17.1. The third kappa shape index (κ3) is 14.5. The first-order valence-corrected chi connectivity index (χ1v) is 17.1. The Hall–Kier alpha value is -4.08. The highest BCUT2D eigenvalue weighted by atomic mass is 16.5. The van der Waals surface area contributed by atoms with Gasteiger partial charge in [0.1, 0.15) is 0 Å². The van der Waals surface area contributed by atoms with Gasteiger partial charge in [0.05, 0.1) is 50.8 Å². The van der Waals surface area contributed by atoms with E-state index in [2.05, 4.69) is 27.7 Å². The Morgan fingerprint density at radius 1 is 0.489 bits per heavy atom. The third-order valence-electron chi connectivity index (χ3n) is 7.02. The van der Waals surface area contributed by atoms with Gasteiger partial charge in [-0.2, -0.15) is 0 Å². The van der Waals surface area contributed by atoms with E-state index in [0.717, 1.165) is 57.8 Å². The molecule has 0 atom stereocenters. The van der Waals surface area contributed by atoms with Crippen LogP contribution in [0.25, 0.3) is 0 Å². The first kappa shape index (κ1) is 39.1. The number of ether oxygens (including phenoxy) is 6. The lowest BCUT2D eigenvalue weighted by Gasteiger charge is -2.18. The van der Waals surface area contributed by atoms with Gasteiger partial charge in [0.25, 0.3) is 0 Å². The molecule has 0 aliphatic rings. The molecule has 0 unspecified atom stereocenters. The van der Waals surface area contributed by atoms with Crippen LogP contribution in [0.4, 0.5) is 0 Å². The first-order chi connectivity index (χ1) is 22.9. The van der Waals surface area contributed by atoms with E-state index < -0.39 is 11.9 Å². The Bertz CT molecular complexity index is 1240. The van der Waals surface area contributed by atoms with Crippen LogP contribution in [-0.4, -0.2) is 61.8 Å². The average molecular weight is 659 g/mol.